The number of benzene rings is 1. The molecule has 8 heteroatoms. The van der Waals surface area contributed by atoms with Crippen LogP contribution in [0.25, 0.3) is 0 Å². The fraction of sp³-hybridized carbons (Fsp3) is 0.556. The van der Waals surface area contributed by atoms with E-state index in [2.05, 4.69) is 10.6 Å². The van der Waals surface area contributed by atoms with Crippen LogP contribution in [0.2, 0.25) is 0 Å². The molecular formula is C18H25FN2O4S. The van der Waals surface area contributed by atoms with E-state index in [4.69, 9.17) is 4.74 Å². The van der Waals surface area contributed by atoms with Crippen LogP contribution in [0.4, 0.5) is 4.39 Å². The van der Waals surface area contributed by atoms with Crippen LogP contribution in [0.3, 0.4) is 0 Å². The highest BCUT2D eigenvalue weighted by Gasteiger charge is 2.30. The predicted molar refractivity (Wildman–Crippen MR) is 98.9 cm³/mol. The summed E-state index contributed by atoms with van der Waals surface area (Å²) in [5, 5.41) is 15.4. The Hall–Kier alpha value is -1.80. The second-order valence-corrected chi connectivity index (χ2v) is 8.47. The van der Waals surface area contributed by atoms with Gasteiger partial charge in [-0.2, -0.15) is 0 Å². The van der Waals surface area contributed by atoms with Gasteiger partial charge in [0.25, 0.3) is 5.91 Å². The van der Waals surface area contributed by atoms with Gasteiger partial charge in [-0.1, -0.05) is 13.8 Å². The summed E-state index contributed by atoms with van der Waals surface area (Å²) in [4.78, 5) is 24.7. The van der Waals surface area contributed by atoms with Crippen LogP contribution in [-0.4, -0.2) is 52.7 Å². The van der Waals surface area contributed by atoms with Crippen LogP contribution >= 0.6 is 11.8 Å². The van der Waals surface area contributed by atoms with E-state index in [1.165, 1.54) is 6.07 Å². The molecule has 1 aromatic rings. The van der Waals surface area contributed by atoms with Gasteiger partial charge in [-0.05, 0) is 36.8 Å². The number of rotatable bonds is 6. The Balaban J connectivity index is 2.00. The first-order chi connectivity index (χ1) is 12.3. The lowest BCUT2D eigenvalue weighted by Gasteiger charge is -2.33. The third-order valence-corrected chi connectivity index (χ3v) is 5.22. The van der Waals surface area contributed by atoms with Gasteiger partial charge in [0.1, 0.15) is 0 Å². The SMILES string of the molecule is CC(C)SC(C)C(=O)N[C@@H]1CCOC[C@@H]1NC(=O)c1ccc(F)c(O)c1. The number of carbonyl (C=O) groups excluding carboxylic acids is 2. The molecule has 2 rings (SSSR count). The first kappa shape index (κ1) is 20.5. The van der Waals surface area contributed by atoms with Crippen molar-refractivity contribution in [2.45, 2.75) is 49.8 Å². The van der Waals surface area contributed by atoms with Gasteiger partial charge >= 0.3 is 0 Å². The van der Waals surface area contributed by atoms with E-state index in [0.29, 0.717) is 18.3 Å². The third kappa shape index (κ3) is 5.60. The molecule has 0 bridgehead atoms. The maximum Gasteiger partial charge on any atom is 0.251 e. The minimum absolute atomic E-state index is 0.0747. The molecule has 1 aromatic carbocycles. The van der Waals surface area contributed by atoms with Crippen molar-refractivity contribution < 1.29 is 23.8 Å². The quantitative estimate of drug-likeness (QED) is 0.699. The molecule has 3 N–H and O–H groups in total. The zero-order valence-corrected chi connectivity index (χ0v) is 15.9. The van der Waals surface area contributed by atoms with Gasteiger partial charge in [-0.15, -0.1) is 11.8 Å². The van der Waals surface area contributed by atoms with Crippen molar-refractivity contribution in [1.82, 2.24) is 10.6 Å². The Morgan fingerprint density at radius 1 is 1.27 bits per heavy atom. The zero-order valence-electron chi connectivity index (χ0n) is 15.1. The highest BCUT2D eigenvalue weighted by Crippen LogP contribution is 2.19. The standard InChI is InChI=1S/C18H25FN2O4S/c1-10(2)26-11(3)17(23)20-14-6-7-25-9-15(14)21-18(24)12-4-5-13(19)16(22)8-12/h4-5,8,10-11,14-15,22H,6-7,9H2,1-3H3,(H,20,23)(H,21,24)/t11?,14-,15+/m1/s1. The van der Waals surface area contributed by atoms with E-state index >= 15 is 0 Å². The minimum atomic E-state index is -0.788. The number of nitrogens with one attached hydrogen (secondary N) is 2. The molecule has 1 fully saturated rings. The molecule has 1 unspecified atom stereocenters. The maximum atomic E-state index is 13.1. The fourth-order valence-electron chi connectivity index (χ4n) is 2.73. The van der Waals surface area contributed by atoms with E-state index < -0.39 is 23.5 Å². The lowest BCUT2D eigenvalue weighted by atomic mass is 10.0. The third-order valence-electron chi connectivity index (χ3n) is 4.05. The predicted octanol–water partition coefficient (Wildman–Crippen LogP) is 2.06. The second kappa shape index (κ2) is 9.23. The van der Waals surface area contributed by atoms with Crippen LogP contribution in [0.15, 0.2) is 18.2 Å². The number of amides is 2. The molecule has 144 valence electrons. The maximum absolute atomic E-state index is 13.1. The first-order valence-electron chi connectivity index (χ1n) is 8.61. The van der Waals surface area contributed by atoms with Crippen LogP contribution in [0, 0.1) is 5.82 Å². The van der Waals surface area contributed by atoms with Crippen LogP contribution < -0.4 is 10.6 Å². The lowest BCUT2D eigenvalue weighted by Crippen LogP contribution is -2.57. The summed E-state index contributed by atoms with van der Waals surface area (Å²) in [5.74, 6) is -1.90. The average Bonchev–Trinajstić information content (AvgIpc) is 2.58. The van der Waals surface area contributed by atoms with Gasteiger partial charge in [-0.25, -0.2) is 4.39 Å². The second-order valence-electron chi connectivity index (χ2n) is 6.55. The van der Waals surface area contributed by atoms with Crippen molar-refractivity contribution in [3.8, 4) is 5.75 Å². The Morgan fingerprint density at radius 3 is 2.65 bits per heavy atom. The molecule has 0 aliphatic carbocycles. The molecule has 6 nitrogen and oxygen atoms in total. The van der Waals surface area contributed by atoms with Crippen molar-refractivity contribution >= 4 is 23.6 Å². The normalized spacial score (nSPS) is 21.3. The van der Waals surface area contributed by atoms with Crippen LogP contribution in [0.5, 0.6) is 5.75 Å². The molecule has 1 heterocycles. The summed E-state index contributed by atoms with van der Waals surface area (Å²) in [5.41, 5.74) is 0.142. The van der Waals surface area contributed by atoms with Gasteiger partial charge in [0.2, 0.25) is 5.91 Å². The van der Waals surface area contributed by atoms with Gasteiger partial charge in [0, 0.05) is 12.2 Å². The van der Waals surface area contributed by atoms with E-state index in [1.807, 2.05) is 20.8 Å². The molecule has 2 amide bonds. The van der Waals surface area contributed by atoms with E-state index in [0.717, 1.165) is 12.1 Å². The van der Waals surface area contributed by atoms with E-state index in [-0.39, 0.29) is 29.4 Å². The number of hydrogen-bond acceptors (Lipinski definition) is 5. The number of hydrogen-bond donors (Lipinski definition) is 3. The summed E-state index contributed by atoms with van der Waals surface area (Å²) in [6.07, 6.45) is 0.588. The summed E-state index contributed by atoms with van der Waals surface area (Å²) < 4.78 is 18.6. The van der Waals surface area contributed by atoms with Crippen molar-refractivity contribution in [3.63, 3.8) is 0 Å². The van der Waals surface area contributed by atoms with E-state index in [9.17, 15) is 19.1 Å². The van der Waals surface area contributed by atoms with Crippen molar-refractivity contribution in [1.29, 1.82) is 0 Å². The van der Waals surface area contributed by atoms with Crippen LogP contribution in [0.1, 0.15) is 37.6 Å². The number of ether oxygens (including phenoxy) is 1. The Kier molecular flexibility index (Phi) is 7.28. The lowest BCUT2D eigenvalue weighted by molar-refractivity contribution is -0.121. The van der Waals surface area contributed by atoms with Crippen molar-refractivity contribution in [3.05, 3.63) is 29.6 Å². The number of phenolic OH excluding ortho intramolecular Hbond substituents is 1. The molecule has 1 aliphatic heterocycles. The summed E-state index contributed by atoms with van der Waals surface area (Å²) >= 11 is 1.57. The van der Waals surface area contributed by atoms with Crippen LogP contribution in [-0.2, 0) is 9.53 Å². The smallest absolute Gasteiger partial charge is 0.251 e. The average molecular weight is 384 g/mol. The summed E-state index contributed by atoms with van der Waals surface area (Å²) in [6.45, 7) is 6.69. The number of aromatic hydroxyl groups is 1. The van der Waals surface area contributed by atoms with Crippen molar-refractivity contribution in [2.24, 2.45) is 0 Å². The molecule has 26 heavy (non-hydrogen) atoms. The summed E-state index contributed by atoms with van der Waals surface area (Å²) in [7, 11) is 0. The number of carbonyl (C=O) groups is 2. The number of thioether (sulfide) groups is 1. The first-order valence-corrected chi connectivity index (χ1v) is 9.55. The highest BCUT2D eigenvalue weighted by atomic mass is 32.2. The van der Waals surface area contributed by atoms with Gasteiger partial charge in [-0.3, -0.25) is 9.59 Å². The molecular weight excluding hydrogens is 359 g/mol. The fourth-order valence-corrected chi connectivity index (χ4v) is 3.74. The molecule has 0 aromatic heterocycles. The van der Waals surface area contributed by atoms with Gasteiger partial charge in [0.05, 0.1) is 23.9 Å². The molecule has 1 saturated heterocycles. The molecule has 0 spiro atoms. The van der Waals surface area contributed by atoms with Gasteiger partial charge < -0.3 is 20.5 Å². The largest absolute Gasteiger partial charge is 0.505 e. The summed E-state index contributed by atoms with van der Waals surface area (Å²) in [6, 6.07) is 2.76. The topological polar surface area (TPSA) is 87.7 Å². The Bertz CT molecular complexity index is 656. The number of phenols is 1. The Morgan fingerprint density at radius 2 is 2.00 bits per heavy atom. The van der Waals surface area contributed by atoms with E-state index in [1.54, 1.807) is 11.8 Å². The monoisotopic (exact) mass is 384 g/mol. The Labute approximate surface area is 156 Å². The highest BCUT2D eigenvalue weighted by molar-refractivity contribution is 8.01. The van der Waals surface area contributed by atoms with Gasteiger partial charge in [0.15, 0.2) is 11.6 Å². The molecule has 0 saturated carbocycles. The zero-order chi connectivity index (χ0) is 19.3. The number of halogens is 1. The minimum Gasteiger partial charge on any atom is -0.505 e. The van der Waals surface area contributed by atoms with Crippen molar-refractivity contribution in [2.75, 3.05) is 13.2 Å². The molecule has 1 aliphatic rings. The molecule has 3 atom stereocenters. The molecule has 0 radical (unpaired) electrons.